The molecular formula is C15H17BrN2O2. The van der Waals surface area contributed by atoms with Gasteiger partial charge < -0.3 is 5.11 Å². The predicted octanol–water partition coefficient (Wildman–Crippen LogP) is 3.96. The molecule has 0 bridgehead atoms. The molecule has 0 saturated carbocycles. The van der Waals surface area contributed by atoms with Crippen molar-refractivity contribution in [1.82, 2.24) is 9.78 Å². The summed E-state index contributed by atoms with van der Waals surface area (Å²) in [5, 5.41) is 13.4. The zero-order valence-electron chi connectivity index (χ0n) is 12.0. The van der Waals surface area contributed by atoms with E-state index < -0.39 is 5.97 Å². The number of carboxylic acids is 1. The number of hydrogen-bond acceptors (Lipinski definition) is 2. The van der Waals surface area contributed by atoms with Crippen LogP contribution in [0.4, 0.5) is 0 Å². The minimum Gasteiger partial charge on any atom is -0.476 e. The quantitative estimate of drug-likeness (QED) is 0.922. The van der Waals surface area contributed by atoms with E-state index in [0.29, 0.717) is 11.0 Å². The lowest BCUT2D eigenvalue weighted by molar-refractivity contribution is 0.0688. The van der Waals surface area contributed by atoms with Crippen molar-refractivity contribution in [2.75, 3.05) is 0 Å². The molecule has 0 aliphatic carbocycles. The summed E-state index contributed by atoms with van der Waals surface area (Å²) in [6.45, 7) is 8.70. The van der Waals surface area contributed by atoms with Crippen molar-refractivity contribution in [3.05, 3.63) is 39.0 Å². The molecule has 1 aromatic carbocycles. The molecule has 0 amide bonds. The summed E-state index contributed by atoms with van der Waals surface area (Å²) in [5.74, 6) is -1.02. The number of hydrogen-bond donors (Lipinski definition) is 1. The smallest absolute Gasteiger partial charge is 0.357 e. The summed E-state index contributed by atoms with van der Waals surface area (Å²) in [6.07, 6.45) is 0. The van der Waals surface area contributed by atoms with Crippen molar-refractivity contribution in [3.63, 3.8) is 0 Å². The zero-order valence-corrected chi connectivity index (χ0v) is 13.6. The summed E-state index contributed by atoms with van der Waals surface area (Å²) in [6, 6.07) is 4.20. The fraction of sp³-hybridized carbons (Fsp3) is 0.333. The molecule has 1 aromatic heterocycles. The van der Waals surface area contributed by atoms with Gasteiger partial charge in [-0.25, -0.2) is 4.79 Å². The van der Waals surface area contributed by atoms with E-state index in [1.165, 1.54) is 5.56 Å². The lowest BCUT2D eigenvalue weighted by atomic mass is 9.97. The molecular weight excluding hydrogens is 320 g/mol. The highest BCUT2D eigenvalue weighted by Gasteiger charge is 2.23. The summed E-state index contributed by atoms with van der Waals surface area (Å²) in [4.78, 5) is 11.3. The number of aromatic nitrogens is 2. The number of aryl methyl sites for hydroxylation is 4. The second-order valence-corrected chi connectivity index (χ2v) is 5.70. The van der Waals surface area contributed by atoms with Gasteiger partial charge in [0.25, 0.3) is 0 Å². The molecule has 2 aromatic rings. The summed E-state index contributed by atoms with van der Waals surface area (Å²) in [7, 11) is 0. The van der Waals surface area contributed by atoms with E-state index in [-0.39, 0.29) is 5.69 Å². The predicted molar refractivity (Wildman–Crippen MR) is 82.2 cm³/mol. The molecule has 0 unspecified atom stereocenters. The average Bonchev–Trinajstić information content (AvgIpc) is 2.66. The Labute approximate surface area is 126 Å². The Bertz CT molecular complexity index is 666. The van der Waals surface area contributed by atoms with Gasteiger partial charge in [0.1, 0.15) is 0 Å². The first-order valence-electron chi connectivity index (χ1n) is 6.44. The van der Waals surface area contributed by atoms with Gasteiger partial charge in [0.05, 0.1) is 10.2 Å². The standard InChI is InChI=1S/C15H17BrN2O2/c1-5-18-14(12(16)13(17-18)15(19)20)11-9(3)6-8(2)7-10(11)4/h6-7H,5H2,1-4H3,(H,19,20). The van der Waals surface area contributed by atoms with Gasteiger partial charge in [0.2, 0.25) is 0 Å². The van der Waals surface area contributed by atoms with Crippen molar-refractivity contribution in [2.24, 2.45) is 0 Å². The molecule has 4 nitrogen and oxygen atoms in total. The third kappa shape index (κ3) is 2.38. The minimum atomic E-state index is -1.02. The van der Waals surface area contributed by atoms with Crippen LogP contribution in [0.5, 0.6) is 0 Å². The molecule has 0 aliphatic heterocycles. The number of rotatable bonds is 3. The first-order valence-corrected chi connectivity index (χ1v) is 7.23. The first-order chi connectivity index (χ1) is 9.36. The van der Waals surface area contributed by atoms with E-state index in [2.05, 4.69) is 40.1 Å². The molecule has 5 heteroatoms. The van der Waals surface area contributed by atoms with E-state index in [4.69, 9.17) is 0 Å². The second-order valence-electron chi connectivity index (χ2n) is 4.91. The maximum Gasteiger partial charge on any atom is 0.357 e. The molecule has 1 heterocycles. The Morgan fingerprint density at radius 2 is 1.85 bits per heavy atom. The van der Waals surface area contributed by atoms with Crippen molar-refractivity contribution >= 4 is 21.9 Å². The van der Waals surface area contributed by atoms with Gasteiger partial charge in [-0.1, -0.05) is 17.7 Å². The maximum absolute atomic E-state index is 11.3. The molecule has 1 N–H and O–H groups in total. The van der Waals surface area contributed by atoms with E-state index in [0.717, 1.165) is 22.4 Å². The first kappa shape index (κ1) is 14.8. The van der Waals surface area contributed by atoms with Gasteiger partial charge in [-0.2, -0.15) is 5.10 Å². The third-order valence-electron chi connectivity index (χ3n) is 3.31. The maximum atomic E-state index is 11.3. The van der Waals surface area contributed by atoms with Gasteiger partial charge in [-0.15, -0.1) is 0 Å². The lowest BCUT2D eigenvalue weighted by Gasteiger charge is -2.13. The van der Waals surface area contributed by atoms with Gasteiger partial charge >= 0.3 is 5.97 Å². The van der Waals surface area contributed by atoms with Crippen LogP contribution in [-0.4, -0.2) is 20.9 Å². The molecule has 0 spiro atoms. The number of carboxylic acid groups (broad SMARTS) is 1. The molecule has 20 heavy (non-hydrogen) atoms. The number of halogens is 1. The molecule has 0 saturated heterocycles. The zero-order chi connectivity index (χ0) is 15.0. The second kappa shape index (κ2) is 5.40. The van der Waals surface area contributed by atoms with Crippen molar-refractivity contribution in [3.8, 4) is 11.3 Å². The summed E-state index contributed by atoms with van der Waals surface area (Å²) >= 11 is 3.40. The topological polar surface area (TPSA) is 55.1 Å². The molecule has 0 aliphatic rings. The van der Waals surface area contributed by atoms with Crippen LogP contribution in [0.15, 0.2) is 16.6 Å². The van der Waals surface area contributed by atoms with Crippen LogP contribution in [-0.2, 0) is 6.54 Å². The van der Waals surface area contributed by atoms with E-state index >= 15 is 0 Å². The van der Waals surface area contributed by atoms with Crippen LogP contribution < -0.4 is 0 Å². The molecule has 0 atom stereocenters. The van der Waals surface area contributed by atoms with E-state index in [1.54, 1.807) is 4.68 Å². The molecule has 2 rings (SSSR count). The number of benzene rings is 1. The Kier molecular flexibility index (Phi) is 3.99. The Morgan fingerprint density at radius 1 is 1.30 bits per heavy atom. The molecule has 0 radical (unpaired) electrons. The van der Waals surface area contributed by atoms with Crippen molar-refractivity contribution in [2.45, 2.75) is 34.2 Å². The normalized spacial score (nSPS) is 10.8. The fourth-order valence-electron chi connectivity index (χ4n) is 2.60. The molecule has 106 valence electrons. The van der Waals surface area contributed by atoms with Crippen molar-refractivity contribution in [1.29, 1.82) is 0 Å². The highest BCUT2D eigenvalue weighted by Crippen LogP contribution is 2.36. The van der Waals surface area contributed by atoms with Crippen LogP contribution in [0, 0.1) is 20.8 Å². The lowest BCUT2D eigenvalue weighted by Crippen LogP contribution is -2.03. The Hall–Kier alpha value is -1.62. The number of aromatic carboxylic acids is 1. The van der Waals surface area contributed by atoms with Gasteiger partial charge in [-0.05, 0) is 54.8 Å². The van der Waals surface area contributed by atoms with Crippen LogP contribution in [0.25, 0.3) is 11.3 Å². The summed E-state index contributed by atoms with van der Waals surface area (Å²) in [5.41, 5.74) is 5.37. The highest BCUT2D eigenvalue weighted by atomic mass is 79.9. The van der Waals surface area contributed by atoms with Gasteiger partial charge in [0.15, 0.2) is 5.69 Å². The van der Waals surface area contributed by atoms with Crippen LogP contribution >= 0.6 is 15.9 Å². The SMILES string of the molecule is CCn1nc(C(=O)O)c(Br)c1-c1c(C)cc(C)cc1C. The Balaban J connectivity index is 2.79. The monoisotopic (exact) mass is 336 g/mol. The van der Waals surface area contributed by atoms with Gasteiger partial charge in [0, 0.05) is 12.1 Å². The number of carbonyl (C=O) groups is 1. The fourth-order valence-corrected chi connectivity index (χ4v) is 3.25. The van der Waals surface area contributed by atoms with Crippen LogP contribution in [0.2, 0.25) is 0 Å². The third-order valence-corrected chi connectivity index (χ3v) is 4.06. The highest BCUT2D eigenvalue weighted by molar-refractivity contribution is 9.10. The minimum absolute atomic E-state index is 0.0567. The van der Waals surface area contributed by atoms with Crippen LogP contribution in [0.3, 0.4) is 0 Å². The summed E-state index contributed by atoms with van der Waals surface area (Å²) < 4.78 is 2.28. The average molecular weight is 337 g/mol. The van der Waals surface area contributed by atoms with E-state index in [9.17, 15) is 9.90 Å². The largest absolute Gasteiger partial charge is 0.476 e. The van der Waals surface area contributed by atoms with E-state index in [1.807, 2.05) is 20.8 Å². The molecule has 0 fully saturated rings. The van der Waals surface area contributed by atoms with Crippen LogP contribution in [0.1, 0.15) is 34.1 Å². The Morgan fingerprint density at radius 3 is 2.30 bits per heavy atom. The van der Waals surface area contributed by atoms with Gasteiger partial charge in [-0.3, -0.25) is 4.68 Å². The number of nitrogens with zero attached hydrogens (tertiary/aromatic N) is 2. The van der Waals surface area contributed by atoms with Crippen molar-refractivity contribution < 1.29 is 9.90 Å².